The first-order valence-corrected chi connectivity index (χ1v) is 7.74. The van der Waals surface area contributed by atoms with Crippen molar-refractivity contribution in [3.05, 3.63) is 50.9 Å². The van der Waals surface area contributed by atoms with E-state index in [9.17, 15) is 4.39 Å². The summed E-state index contributed by atoms with van der Waals surface area (Å²) >= 11 is 7.37. The van der Waals surface area contributed by atoms with E-state index in [2.05, 4.69) is 12.2 Å². The molecule has 20 heavy (non-hydrogen) atoms. The van der Waals surface area contributed by atoms with Gasteiger partial charge in [-0.25, -0.2) is 4.39 Å². The van der Waals surface area contributed by atoms with Crippen LogP contribution < -0.4 is 10.1 Å². The van der Waals surface area contributed by atoms with Gasteiger partial charge < -0.3 is 10.1 Å². The predicted molar refractivity (Wildman–Crippen MR) is 82.1 cm³/mol. The molecule has 0 aliphatic heterocycles. The molecule has 0 aliphatic carbocycles. The van der Waals surface area contributed by atoms with Crippen LogP contribution in [0.15, 0.2) is 30.3 Å². The fourth-order valence-corrected chi connectivity index (χ4v) is 2.81. The average molecular weight is 314 g/mol. The first-order valence-electron chi connectivity index (χ1n) is 6.55. The largest absolute Gasteiger partial charge is 0.488 e. The summed E-state index contributed by atoms with van der Waals surface area (Å²) in [6, 6.07) is 8.39. The first kappa shape index (κ1) is 15.3. The highest BCUT2D eigenvalue weighted by atomic mass is 35.5. The Labute approximate surface area is 127 Å². The zero-order valence-corrected chi connectivity index (χ0v) is 12.9. The van der Waals surface area contributed by atoms with Crippen LogP contribution in [0, 0.1) is 5.82 Å². The smallest absolute Gasteiger partial charge is 0.124 e. The predicted octanol–water partition coefficient (Wildman–Crippen LogP) is 4.62. The maximum Gasteiger partial charge on any atom is 0.124 e. The summed E-state index contributed by atoms with van der Waals surface area (Å²) < 4.78 is 19.8. The number of nitrogens with one attached hydrogen (secondary N) is 1. The summed E-state index contributed by atoms with van der Waals surface area (Å²) in [5.74, 6) is 0.462. The van der Waals surface area contributed by atoms with E-state index in [0.29, 0.717) is 18.9 Å². The van der Waals surface area contributed by atoms with Gasteiger partial charge in [-0.3, -0.25) is 0 Å². The van der Waals surface area contributed by atoms with E-state index < -0.39 is 0 Å². The molecule has 1 heterocycles. The third kappa shape index (κ3) is 4.47. The Kier molecular flexibility index (Phi) is 5.83. The zero-order valence-electron chi connectivity index (χ0n) is 11.3. The van der Waals surface area contributed by atoms with E-state index in [-0.39, 0.29) is 5.82 Å². The van der Waals surface area contributed by atoms with Crippen molar-refractivity contribution in [1.29, 1.82) is 0 Å². The van der Waals surface area contributed by atoms with Gasteiger partial charge in [0.15, 0.2) is 0 Å². The molecule has 0 atom stereocenters. The summed E-state index contributed by atoms with van der Waals surface area (Å²) in [6.45, 7) is 4.04. The van der Waals surface area contributed by atoms with Crippen molar-refractivity contribution in [3.63, 3.8) is 0 Å². The number of rotatable bonds is 7. The van der Waals surface area contributed by atoms with E-state index in [1.54, 1.807) is 6.07 Å². The Morgan fingerprint density at radius 2 is 2.15 bits per heavy atom. The van der Waals surface area contributed by atoms with Crippen molar-refractivity contribution in [2.75, 3.05) is 6.54 Å². The lowest BCUT2D eigenvalue weighted by Crippen LogP contribution is -2.14. The van der Waals surface area contributed by atoms with Crippen LogP contribution in [-0.4, -0.2) is 6.54 Å². The van der Waals surface area contributed by atoms with Gasteiger partial charge >= 0.3 is 0 Å². The molecule has 0 saturated carbocycles. The first-order chi connectivity index (χ1) is 9.69. The standard InChI is InChI=1S/C15H17ClFNOS/c1-2-7-18-9-11-8-12(17)3-5-14(11)19-10-13-4-6-15(16)20-13/h3-6,8,18H,2,7,9-10H2,1H3. The lowest BCUT2D eigenvalue weighted by atomic mass is 10.2. The lowest BCUT2D eigenvalue weighted by Gasteiger charge is -2.11. The number of benzene rings is 1. The Morgan fingerprint density at radius 3 is 2.85 bits per heavy atom. The molecule has 2 nitrogen and oxygen atoms in total. The van der Waals surface area contributed by atoms with Crippen molar-refractivity contribution in [2.45, 2.75) is 26.5 Å². The number of hydrogen-bond acceptors (Lipinski definition) is 3. The van der Waals surface area contributed by atoms with Gasteiger partial charge in [0, 0.05) is 17.0 Å². The normalized spacial score (nSPS) is 10.8. The van der Waals surface area contributed by atoms with Gasteiger partial charge in [0.2, 0.25) is 0 Å². The van der Waals surface area contributed by atoms with Crippen molar-refractivity contribution >= 4 is 22.9 Å². The summed E-state index contributed by atoms with van der Waals surface area (Å²) in [4.78, 5) is 1.05. The molecule has 5 heteroatoms. The molecule has 0 amide bonds. The third-order valence-corrected chi connectivity index (χ3v) is 3.97. The molecule has 1 aromatic heterocycles. The molecule has 0 spiro atoms. The molecule has 1 N–H and O–H groups in total. The molecular formula is C15H17ClFNOS. The van der Waals surface area contributed by atoms with Gasteiger partial charge in [0.25, 0.3) is 0 Å². The molecule has 0 bridgehead atoms. The Hall–Kier alpha value is -1.10. The minimum absolute atomic E-state index is 0.246. The molecule has 0 radical (unpaired) electrons. The van der Waals surface area contributed by atoms with Crippen LogP contribution in [0.4, 0.5) is 4.39 Å². The maximum atomic E-state index is 13.3. The zero-order chi connectivity index (χ0) is 14.4. The van der Waals surface area contributed by atoms with Gasteiger partial charge in [0.05, 0.1) is 4.34 Å². The van der Waals surface area contributed by atoms with Crippen molar-refractivity contribution in [2.24, 2.45) is 0 Å². The summed E-state index contributed by atoms with van der Waals surface area (Å²) in [5, 5.41) is 3.26. The lowest BCUT2D eigenvalue weighted by molar-refractivity contribution is 0.305. The molecule has 2 rings (SSSR count). The van der Waals surface area contributed by atoms with Gasteiger partial charge in [-0.05, 0) is 43.3 Å². The highest BCUT2D eigenvalue weighted by molar-refractivity contribution is 7.16. The Bertz CT molecular complexity index is 559. The number of halogens is 2. The molecule has 0 unspecified atom stereocenters. The van der Waals surface area contributed by atoms with Crippen LogP contribution in [0.5, 0.6) is 5.75 Å². The monoisotopic (exact) mass is 313 g/mol. The second-order valence-electron chi connectivity index (χ2n) is 4.42. The van der Waals surface area contributed by atoms with Crippen molar-refractivity contribution in [3.8, 4) is 5.75 Å². The molecule has 0 saturated heterocycles. The Balaban J connectivity index is 2.01. The molecule has 1 aromatic carbocycles. The molecule has 0 fully saturated rings. The van der Waals surface area contributed by atoms with E-state index in [0.717, 1.165) is 27.7 Å². The quantitative estimate of drug-likeness (QED) is 0.753. The molecule has 0 aliphatic rings. The second kappa shape index (κ2) is 7.62. The molecule has 2 aromatic rings. The highest BCUT2D eigenvalue weighted by Gasteiger charge is 2.07. The third-order valence-electron chi connectivity index (χ3n) is 2.76. The SMILES string of the molecule is CCCNCc1cc(F)ccc1OCc1ccc(Cl)s1. The number of hydrogen-bond donors (Lipinski definition) is 1. The van der Waals surface area contributed by atoms with Crippen LogP contribution in [0.3, 0.4) is 0 Å². The maximum absolute atomic E-state index is 13.3. The summed E-state index contributed by atoms with van der Waals surface area (Å²) in [7, 11) is 0. The van der Waals surface area contributed by atoms with Gasteiger partial charge in [-0.15, -0.1) is 11.3 Å². The van der Waals surface area contributed by atoms with E-state index >= 15 is 0 Å². The topological polar surface area (TPSA) is 21.3 Å². The summed E-state index contributed by atoms with van der Waals surface area (Å²) in [6.07, 6.45) is 1.04. The van der Waals surface area contributed by atoms with Crippen LogP contribution in [0.1, 0.15) is 23.8 Å². The van der Waals surface area contributed by atoms with Crippen molar-refractivity contribution < 1.29 is 9.13 Å². The van der Waals surface area contributed by atoms with Crippen LogP contribution in [-0.2, 0) is 13.2 Å². The highest BCUT2D eigenvalue weighted by Crippen LogP contribution is 2.25. The fraction of sp³-hybridized carbons (Fsp3) is 0.333. The van der Waals surface area contributed by atoms with E-state index in [1.165, 1.54) is 23.5 Å². The van der Waals surface area contributed by atoms with Gasteiger partial charge in [-0.1, -0.05) is 18.5 Å². The minimum atomic E-state index is -0.246. The van der Waals surface area contributed by atoms with E-state index in [1.807, 2.05) is 12.1 Å². The molecular weight excluding hydrogens is 297 g/mol. The average Bonchev–Trinajstić information content (AvgIpc) is 2.84. The van der Waals surface area contributed by atoms with Gasteiger partial charge in [-0.2, -0.15) is 0 Å². The number of thiophene rings is 1. The van der Waals surface area contributed by atoms with Crippen LogP contribution in [0.25, 0.3) is 0 Å². The van der Waals surface area contributed by atoms with Crippen LogP contribution >= 0.6 is 22.9 Å². The van der Waals surface area contributed by atoms with Crippen LogP contribution in [0.2, 0.25) is 4.34 Å². The van der Waals surface area contributed by atoms with Gasteiger partial charge in [0.1, 0.15) is 18.2 Å². The molecule has 108 valence electrons. The number of ether oxygens (including phenoxy) is 1. The van der Waals surface area contributed by atoms with Crippen molar-refractivity contribution in [1.82, 2.24) is 5.32 Å². The minimum Gasteiger partial charge on any atom is -0.488 e. The second-order valence-corrected chi connectivity index (χ2v) is 6.22. The van der Waals surface area contributed by atoms with E-state index in [4.69, 9.17) is 16.3 Å². The fourth-order valence-electron chi connectivity index (χ4n) is 1.81. The Morgan fingerprint density at radius 1 is 1.30 bits per heavy atom. The summed E-state index contributed by atoms with van der Waals surface area (Å²) in [5.41, 5.74) is 0.834.